The van der Waals surface area contributed by atoms with Gasteiger partial charge < -0.3 is 14.5 Å². The summed E-state index contributed by atoms with van der Waals surface area (Å²) in [6.45, 7) is 4.93. The fourth-order valence-electron chi connectivity index (χ4n) is 2.97. The molecule has 1 N–H and O–H groups in total. The maximum absolute atomic E-state index is 12.5. The average Bonchev–Trinajstić information content (AvgIpc) is 3.15. The Bertz CT molecular complexity index is 951. The molecule has 0 atom stereocenters. The van der Waals surface area contributed by atoms with Crippen LogP contribution in [0, 0.1) is 6.92 Å². The molecule has 0 aromatic carbocycles. The summed E-state index contributed by atoms with van der Waals surface area (Å²) in [5.74, 6) is 1.99. The van der Waals surface area contributed by atoms with Gasteiger partial charge >= 0.3 is 0 Å². The van der Waals surface area contributed by atoms with Gasteiger partial charge in [0.15, 0.2) is 11.6 Å². The number of hydrogen-bond acceptors (Lipinski definition) is 7. The van der Waals surface area contributed by atoms with E-state index in [4.69, 9.17) is 9.15 Å². The molecule has 0 saturated carbocycles. The lowest BCUT2D eigenvalue weighted by atomic mass is 10.2. The van der Waals surface area contributed by atoms with Crippen LogP contribution in [-0.4, -0.2) is 58.6 Å². The van der Waals surface area contributed by atoms with Gasteiger partial charge in [0.05, 0.1) is 31.1 Å². The standard InChI is InChI=1S/C20H21N5O3/c1-14-5-6-17(28-14)20-22-16(15-4-2-3-7-21-15)12-18(24-20)23-19(26)13-25-8-10-27-11-9-25/h2-7,12H,8-11,13H2,1H3,(H,22,23,24,26). The average molecular weight is 379 g/mol. The van der Waals surface area contributed by atoms with Crippen molar-refractivity contribution in [1.82, 2.24) is 19.9 Å². The second-order valence-corrected chi connectivity index (χ2v) is 6.52. The Labute approximate surface area is 162 Å². The van der Waals surface area contributed by atoms with Gasteiger partial charge in [-0.2, -0.15) is 0 Å². The molecule has 3 aromatic heterocycles. The van der Waals surface area contributed by atoms with Crippen molar-refractivity contribution in [3.05, 3.63) is 48.4 Å². The SMILES string of the molecule is Cc1ccc(-c2nc(NC(=O)CN3CCOCC3)cc(-c3ccccn3)n2)o1. The quantitative estimate of drug-likeness (QED) is 0.727. The Balaban J connectivity index is 1.61. The maximum atomic E-state index is 12.5. The number of furan rings is 1. The van der Waals surface area contributed by atoms with Crippen molar-refractivity contribution >= 4 is 11.7 Å². The van der Waals surface area contributed by atoms with Gasteiger partial charge in [0.25, 0.3) is 0 Å². The van der Waals surface area contributed by atoms with E-state index in [-0.39, 0.29) is 5.91 Å². The predicted octanol–water partition coefficient (Wildman–Crippen LogP) is 2.38. The molecule has 1 aliphatic rings. The molecule has 1 aliphatic heterocycles. The number of anilines is 1. The zero-order valence-corrected chi connectivity index (χ0v) is 15.6. The molecule has 28 heavy (non-hydrogen) atoms. The van der Waals surface area contributed by atoms with E-state index in [1.807, 2.05) is 37.3 Å². The summed E-state index contributed by atoms with van der Waals surface area (Å²) in [7, 11) is 0. The fourth-order valence-corrected chi connectivity index (χ4v) is 2.97. The van der Waals surface area contributed by atoms with Crippen LogP contribution in [-0.2, 0) is 9.53 Å². The van der Waals surface area contributed by atoms with Gasteiger partial charge in [-0.05, 0) is 31.2 Å². The van der Waals surface area contributed by atoms with E-state index in [1.54, 1.807) is 12.3 Å². The minimum absolute atomic E-state index is 0.130. The molecule has 0 radical (unpaired) electrons. The van der Waals surface area contributed by atoms with Crippen LogP contribution < -0.4 is 5.32 Å². The lowest BCUT2D eigenvalue weighted by molar-refractivity contribution is -0.118. The van der Waals surface area contributed by atoms with Crippen molar-refractivity contribution in [1.29, 1.82) is 0 Å². The largest absolute Gasteiger partial charge is 0.458 e. The van der Waals surface area contributed by atoms with Crippen molar-refractivity contribution < 1.29 is 13.9 Å². The maximum Gasteiger partial charge on any atom is 0.239 e. The number of nitrogens with zero attached hydrogens (tertiary/aromatic N) is 4. The highest BCUT2D eigenvalue weighted by Crippen LogP contribution is 2.24. The first kappa shape index (κ1) is 18.3. The number of aromatic nitrogens is 3. The minimum atomic E-state index is -0.130. The molecule has 4 heterocycles. The Hall–Kier alpha value is -3.10. The lowest BCUT2D eigenvalue weighted by Gasteiger charge is -2.25. The third kappa shape index (κ3) is 4.41. The van der Waals surface area contributed by atoms with E-state index in [9.17, 15) is 4.79 Å². The number of pyridine rings is 1. The van der Waals surface area contributed by atoms with E-state index in [2.05, 4.69) is 25.2 Å². The Kier molecular flexibility index (Phi) is 5.41. The Morgan fingerprint density at radius 1 is 1.14 bits per heavy atom. The van der Waals surface area contributed by atoms with Gasteiger partial charge in [0.1, 0.15) is 11.6 Å². The molecule has 0 spiro atoms. The lowest BCUT2D eigenvalue weighted by Crippen LogP contribution is -2.41. The van der Waals surface area contributed by atoms with Crippen LogP contribution in [0.25, 0.3) is 23.0 Å². The van der Waals surface area contributed by atoms with E-state index in [0.717, 1.165) is 18.8 Å². The number of amides is 1. The van der Waals surface area contributed by atoms with Gasteiger partial charge in [0.2, 0.25) is 5.91 Å². The molecule has 1 fully saturated rings. The summed E-state index contributed by atoms with van der Waals surface area (Å²) in [5, 5.41) is 2.87. The van der Waals surface area contributed by atoms with Crippen LogP contribution >= 0.6 is 0 Å². The molecule has 0 unspecified atom stereocenters. The number of nitrogens with one attached hydrogen (secondary N) is 1. The second-order valence-electron chi connectivity index (χ2n) is 6.52. The zero-order chi connectivity index (χ0) is 19.3. The number of carbonyl (C=O) groups excluding carboxylic acids is 1. The second kappa shape index (κ2) is 8.28. The fraction of sp³-hybridized carbons (Fsp3) is 0.300. The predicted molar refractivity (Wildman–Crippen MR) is 104 cm³/mol. The molecular formula is C20H21N5O3. The third-order valence-corrected chi connectivity index (χ3v) is 4.35. The van der Waals surface area contributed by atoms with E-state index < -0.39 is 0 Å². The minimum Gasteiger partial charge on any atom is -0.458 e. The van der Waals surface area contributed by atoms with E-state index in [0.29, 0.717) is 48.5 Å². The van der Waals surface area contributed by atoms with Crippen LogP contribution in [0.5, 0.6) is 0 Å². The first-order chi connectivity index (χ1) is 13.7. The van der Waals surface area contributed by atoms with E-state index >= 15 is 0 Å². The van der Waals surface area contributed by atoms with Crippen LogP contribution in [0.1, 0.15) is 5.76 Å². The van der Waals surface area contributed by atoms with Crippen LogP contribution in [0.3, 0.4) is 0 Å². The van der Waals surface area contributed by atoms with Gasteiger partial charge in [-0.3, -0.25) is 14.7 Å². The third-order valence-electron chi connectivity index (χ3n) is 4.35. The normalized spacial score (nSPS) is 14.8. The molecule has 144 valence electrons. The molecule has 1 saturated heterocycles. The summed E-state index contributed by atoms with van der Waals surface area (Å²) in [4.78, 5) is 27.9. The van der Waals surface area contributed by atoms with Crippen LogP contribution in [0.15, 0.2) is 47.0 Å². The number of aryl methyl sites for hydroxylation is 1. The molecule has 3 aromatic rings. The summed E-state index contributed by atoms with van der Waals surface area (Å²) >= 11 is 0. The summed E-state index contributed by atoms with van der Waals surface area (Å²) < 4.78 is 11.0. The highest BCUT2D eigenvalue weighted by atomic mass is 16.5. The van der Waals surface area contributed by atoms with Gasteiger partial charge in [0, 0.05) is 25.4 Å². The summed E-state index contributed by atoms with van der Waals surface area (Å²) in [5.41, 5.74) is 1.31. The zero-order valence-electron chi connectivity index (χ0n) is 15.6. The van der Waals surface area contributed by atoms with Crippen LogP contribution in [0.2, 0.25) is 0 Å². The first-order valence-corrected chi connectivity index (χ1v) is 9.14. The molecule has 4 rings (SSSR count). The van der Waals surface area contributed by atoms with Gasteiger partial charge in [-0.1, -0.05) is 6.07 Å². The van der Waals surface area contributed by atoms with Crippen LogP contribution in [0.4, 0.5) is 5.82 Å². The van der Waals surface area contributed by atoms with Gasteiger partial charge in [-0.25, -0.2) is 9.97 Å². The van der Waals surface area contributed by atoms with Crippen molar-refractivity contribution in [3.8, 4) is 23.0 Å². The van der Waals surface area contributed by atoms with Gasteiger partial charge in [-0.15, -0.1) is 0 Å². The van der Waals surface area contributed by atoms with E-state index in [1.165, 1.54) is 0 Å². The number of morpholine rings is 1. The Morgan fingerprint density at radius 3 is 2.71 bits per heavy atom. The topological polar surface area (TPSA) is 93.4 Å². The highest BCUT2D eigenvalue weighted by molar-refractivity contribution is 5.92. The number of carbonyl (C=O) groups is 1. The molecule has 0 aliphatic carbocycles. The molecule has 8 nitrogen and oxygen atoms in total. The summed E-state index contributed by atoms with van der Waals surface area (Å²) in [6.07, 6.45) is 1.70. The summed E-state index contributed by atoms with van der Waals surface area (Å²) in [6, 6.07) is 11.0. The number of rotatable bonds is 5. The van der Waals surface area contributed by atoms with Crippen molar-refractivity contribution in [3.63, 3.8) is 0 Å². The molecule has 0 bridgehead atoms. The monoisotopic (exact) mass is 379 g/mol. The first-order valence-electron chi connectivity index (χ1n) is 9.14. The smallest absolute Gasteiger partial charge is 0.239 e. The molecular weight excluding hydrogens is 358 g/mol. The number of ether oxygens (including phenoxy) is 1. The van der Waals surface area contributed by atoms with Crippen molar-refractivity contribution in [2.75, 3.05) is 38.2 Å². The van der Waals surface area contributed by atoms with Crippen molar-refractivity contribution in [2.24, 2.45) is 0 Å². The number of hydrogen-bond donors (Lipinski definition) is 1. The highest BCUT2D eigenvalue weighted by Gasteiger charge is 2.17. The molecule has 8 heteroatoms. The van der Waals surface area contributed by atoms with Crippen molar-refractivity contribution in [2.45, 2.75) is 6.92 Å². The Morgan fingerprint density at radius 2 is 2.00 bits per heavy atom. The molecule has 1 amide bonds.